The minimum absolute atomic E-state index is 0.564. The Labute approximate surface area is 179 Å². The Bertz CT molecular complexity index is 1540. The first-order chi connectivity index (χ1) is 15.4. The maximum absolute atomic E-state index is 6.45. The number of benzene rings is 4. The van der Waals surface area contributed by atoms with Crippen molar-refractivity contribution in [1.29, 1.82) is 0 Å². The van der Waals surface area contributed by atoms with Crippen LogP contribution in [0, 0.1) is 0 Å². The average Bonchev–Trinajstić information content (AvgIpc) is 2.85. The lowest BCUT2D eigenvalue weighted by atomic mass is 9.92. The van der Waals surface area contributed by atoms with Crippen molar-refractivity contribution in [3.63, 3.8) is 0 Å². The monoisotopic (exact) mass is 398 g/mol. The molecule has 0 bridgehead atoms. The van der Waals surface area contributed by atoms with E-state index < -0.39 is 0 Å². The Hall–Kier alpha value is -4.24. The van der Waals surface area contributed by atoms with Gasteiger partial charge in [-0.05, 0) is 22.4 Å². The first kappa shape index (κ1) is 17.6. The zero-order valence-electron chi connectivity index (χ0n) is 16.7. The highest BCUT2D eigenvalue weighted by molar-refractivity contribution is 6.22. The van der Waals surface area contributed by atoms with E-state index in [0.29, 0.717) is 5.88 Å². The van der Waals surface area contributed by atoms with E-state index in [2.05, 4.69) is 65.6 Å². The number of hydrogen-bond acceptors (Lipinski definition) is 3. The number of ether oxygens (including phenoxy) is 1. The lowest BCUT2D eigenvalue weighted by Crippen LogP contribution is -1.95. The molecule has 6 aromatic rings. The molecular weight excluding hydrogens is 380 g/mol. The molecule has 31 heavy (non-hydrogen) atoms. The van der Waals surface area contributed by atoms with Crippen molar-refractivity contribution in [3.05, 3.63) is 109 Å². The Kier molecular flexibility index (Phi) is 4.10. The molecule has 0 aliphatic carbocycles. The van der Waals surface area contributed by atoms with Crippen LogP contribution in [0.5, 0.6) is 11.6 Å². The number of nitrogens with zero attached hydrogens (tertiary/aromatic N) is 2. The summed E-state index contributed by atoms with van der Waals surface area (Å²) >= 11 is 0. The molecule has 3 nitrogen and oxygen atoms in total. The zero-order chi connectivity index (χ0) is 20.6. The number of pyridine rings is 2. The summed E-state index contributed by atoms with van der Waals surface area (Å²) in [6.07, 6.45) is 3.69. The predicted octanol–water partition coefficient (Wildman–Crippen LogP) is 7.40. The van der Waals surface area contributed by atoms with E-state index in [1.165, 1.54) is 0 Å². The summed E-state index contributed by atoms with van der Waals surface area (Å²) in [4.78, 5) is 9.34. The van der Waals surface area contributed by atoms with Gasteiger partial charge in [-0.3, -0.25) is 4.98 Å². The molecule has 2 heterocycles. The minimum Gasteiger partial charge on any atom is -0.438 e. The van der Waals surface area contributed by atoms with Crippen LogP contribution in [0.25, 0.3) is 43.6 Å². The van der Waals surface area contributed by atoms with Crippen LogP contribution in [0.4, 0.5) is 0 Å². The fourth-order valence-corrected chi connectivity index (χ4v) is 4.26. The molecule has 0 saturated heterocycles. The van der Waals surface area contributed by atoms with Gasteiger partial charge in [0, 0.05) is 34.8 Å². The topological polar surface area (TPSA) is 35.0 Å². The van der Waals surface area contributed by atoms with Crippen molar-refractivity contribution in [2.45, 2.75) is 0 Å². The highest BCUT2D eigenvalue weighted by atomic mass is 16.5. The van der Waals surface area contributed by atoms with Crippen molar-refractivity contribution in [2.24, 2.45) is 0 Å². The fourth-order valence-electron chi connectivity index (χ4n) is 4.26. The number of hydrogen-bond donors (Lipinski definition) is 0. The molecule has 0 aliphatic rings. The largest absolute Gasteiger partial charge is 0.438 e. The lowest BCUT2D eigenvalue weighted by molar-refractivity contribution is 0.473. The smallest absolute Gasteiger partial charge is 0.219 e. The van der Waals surface area contributed by atoms with Gasteiger partial charge in [0.2, 0.25) is 5.88 Å². The summed E-state index contributed by atoms with van der Waals surface area (Å²) in [6.45, 7) is 0. The van der Waals surface area contributed by atoms with E-state index in [1.54, 1.807) is 6.20 Å². The van der Waals surface area contributed by atoms with Crippen molar-refractivity contribution in [2.75, 3.05) is 0 Å². The van der Waals surface area contributed by atoms with Gasteiger partial charge in [0.1, 0.15) is 5.75 Å². The van der Waals surface area contributed by atoms with Crippen LogP contribution < -0.4 is 4.74 Å². The van der Waals surface area contributed by atoms with Gasteiger partial charge >= 0.3 is 0 Å². The highest BCUT2D eigenvalue weighted by Gasteiger charge is 2.20. The molecular formula is C28H18N2O. The minimum atomic E-state index is 0.564. The van der Waals surface area contributed by atoms with Gasteiger partial charge in [0.15, 0.2) is 0 Å². The van der Waals surface area contributed by atoms with E-state index >= 15 is 0 Å². The third-order valence-corrected chi connectivity index (χ3v) is 5.61. The van der Waals surface area contributed by atoms with Gasteiger partial charge in [-0.25, -0.2) is 4.98 Å². The normalized spacial score (nSPS) is 11.2. The summed E-state index contributed by atoms with van der Waals surface area (Å²) in [5.74, 6) is 1.35. The fraction of sp³-hybridized carbons (Fsp3) is 0. The summed E-state index contributed by atoms with van der Waals surface area (Å²) in [5, 5.41) is 5.34. The molecule has 4 aromatic carbocycles. The van der Waals surface area contributed by atoms with E-state index in [9.17, 15) is 0 Å². The van der Waals surface area contributed by atoms with E-state index in [4.69, 9.17) is 9.72 Å². The zero-order valence-corrected chi connectivity index (χ0v) is 16.7. The molecule has 0 spiro atoms. The average molecular weight is 398 g/mol. The van der Waals surface area contributed by atoms with Crippen LogP contribution in [0.3, 0.4) is 0 Å². The second-order valence-corrected chi connectivity index (χ2v) is 7.45. The Morgan fingerprint density at radius 3 is 2.10 bits per heavy atom. The second-order valence-electron chi connectivity index (χ2n) is 7.45. The third-order valence-electron chi connectivity index (χ3n) is 5.61. The molecule has 0 atom stereocenters. The molecule has 0 unspecified atom stereocenters. The lowest BCUT2D eigenvalue weighted by Gasteiger charge is -2.18. The molecule has 0 N–H and O–H groups in total. The summed E-state index contributed by atoms with van der Waals surface area (Å²) in [7, 11) is 0. The van der Waals surface area contributed by atoms with Crippen LogP contribution in [0.2, 0.25) is 0 Å². The SMILES string of the molecule is c1ccc(-c2c3ccccc3c(Oc3ccccn3)c3c2ncc2ccccc23)cc1. The molecule has 2 aromatic heterocycles. The summed E-state index contributed by atoms with van der Waals surface area (Å²) < 4.78 is 6.45. The second kappa shape index (κ2) is 7.22. The van der Waals surface area contributed by atoms with Crippen LogP contribution in [-0.2, 0) is 0 Å². The molecule has 0 amide bonds. The van der Waals surface area contributed by atoms with Crippen molar-refractivity contribution in [3.8, 4) is 22.8 Å². The quantitative estimate of drug-likeness (QED) is 0.230. The standard InChI is InChI=1S/C28H18N2O/c1-2-10-19(11-3-1)25-22-14-6-7-15-23(22)28(31-24-16-8-9-17-29-24)26-21-13-5-4-12-20(21)18-30-27(25)26/h1-18H. The van der Waals surface area contributed by atoms with Crippen LogP contribution in [0.15, 0.2) is 109 Å². The molecule has 0 aliphatic heterocycles. The van der Waals surface area contributed by atoms with E-state index in [-0.39, 0.29) is 0 Å². The number of rotatable bonds is 3. The molecule has 0 fully saturated rings. The van der Waals surface area contributed by atoms with Crippen LogP contribution >= 0.6 is 0 Å². The maximum atomic E-state index is 6.45. The number of aromatic nitrogens is 2. The highest BCUT2D eigenvalue weighted by Crippen LogP contribution is 2.45. The summed E-state index contributed by atoms with van der Waals surface area (Å²) in [5.41, 5.74) is 3.18. The molecule has 146 valence electrons. The van der Waals surface area contributed by atoms with Crippen molar-refractivity contribution in [1.82, 2.24) is 9.97 Å². The van der Waals surface area contributed by atoms with E-state index in [1.807, 2.05) is 42.6 Å². The van der Waals surface area contributed by atoms with Gasteiger partial charge in [-0.1, -0.05) is 84.9 Å². The Morgan fingerprint density at radius 1 is 0.581 bits per heavy atom. The van der Waals surface area contributed by atoms with Crippen LogP contribution in [0.1, 0.15) is 0 Å². The molecule has 0 radical (unpaired) electrons. The van der Waals surface area contributed by atoms with Gasteiger partial charge in [-0.2, -0.15) is 0 Å². The first-order valence-electron chi connectivity index (χ1n) is 10.3. The molecule has 0 saturated carbocycles. The van der Waals surface area contributed by atoms with E-state index in [0.717, 1.165) is 49.3 Å². The maximum Gasteiger partial charge on any atom is 0.219 e. The summed E-state index contributed by atoms with van der Waals surface area (Å²) in [6, 6.07) is 32.8. The molecule has 6 rings (SSSR count). The van der Waals surface area contributed by atoms with Crippen LogP contribution in [-0.4, -0.2) is 9.97 Å². The van der Waals surface area contributed by atoms with Gasteiger partial charge in [-0.15, -0.1) is 0 Å². The number of fused-ring (bicyclic) bond motifs is 4. The van der Waals surface area contributed by atoms with Crippen molar-refractivity contribution >= 4 is 32.4 Å². The Balaban J connectivity index is 1.82. The third kappa shape index (κ3) is 2.90. The first-order valence-corrected chi connectivity index (χ1v) is 10.3. The van der Waals surface area contributed by atoms with Gasteiger partial charge in [0.25, 0.3) is 0 Å². The van der Waals surface area contributed by atoms with Gasteiger partial charge < -0.3 is 4.74 Å². The Morgan fingerprint density at radius 2 is 1.29 bits per heavy atom. The van der Waals surface area contributed by atoms with Crippen molar-refractivity contribution < 1.29 is 4.74 Å². The predicted molar refractivity (Wildman–Crippen MR) is 127 cm³/mol. The van der Waals surface area contributed by atoms with Gasteiger partial charge in [0.05, 0.1) is 10.9 Å². The molecule has 3 heteroatoms.